The van der Waals surface area contributed by atoms with Crippen LogP contribution in [0.4, 0.5) is 0 Å². The Morgan fingerprint density at radius 3 is 2.06 bits per heavy atom. The fourth-order valence-electron chi connectivity index (χ4n) is 4.08. The van der Waals surface area contributed by atoms with E-state index >= 15 is 0 Å². The van der Waals surface area contributed by atoms with Crippen molar-refractivity contribution >= 4 is 21.9 Å². The number of imidazole rings is 2. The number of aromatic nitrogens is 8. The smallest absolute Gasteiger partial charge is 0.238 e. The molecule has 8 heteroatoms. The van der Waals surface area contributed by atoms with Gasteiger partial charge in [0.05, 0.1) is 16.6 Å². The van der Waals surface area contributed by atoms with Crippen LogP contribution in [0.2, 0.25) is 0 Å². The second kappa shape index (κ2) is 7.09. The van der Waals surface area contributed by atoms with Gasteiger partial charge in [0.15, 0.2) is 0 Å². The third-order valence-electron chi connectivity index (χ3n) is 5.81. The van der Waals surface area contributed by atoms with Gasteiger partial charge in [-0.2, -0.15) is 9.97 Å². The highest BCUT2D eigenvalue weighted by atomic mass is 15.2. The molecule has 5 aromatic heterocycles. The van der Waals surface area contributed by atoms with Crippen LogP contribution in [0.5, 0.6) is 0 Å². The number of rotatable bonds is 3. The Labute approximate surface area is 190 Å². The summed E-state index contributed by atoms with van der Waals surface area (Å²) in [5, 5.41) is 1.08. The zero-order valence-corrected chi connectivity index (χ0v) is 18.6. The summed E-state index contributed by atoms with van der Waals surface area (Å²) in [6, 6.07) is 12.5. The van der Waals surface area contributed by atoms with E-state index in [0.717, 1.165) is 21.9 Å². The van der Waals surface area contributed by atoms with Gasteiger partial charge in [0.25, 0.3) is 0 Å². The van der Waals surface area contributed by atoms with E-state index in [-0.39, 0.29) is 5.41 Å². The van der Waals surface area contributed by atoms with Crippen molar-refractivity contribution in [2.45, 2.75) is 26.2 Å². The SMILES string of the molecule is CC(C)(C)c1ccc2c(c1)c1ncccc1n2-c1nc(-n2ccnc2)cc(-n2ccnc2)n1. The largest absolute Gasteiger partial charge is 0.290 e. The number of hydrogen-bond acceptors (Lipinski definition) is 5. The van der Waals surface area contributed by atoms with Crippen molar-refractivity contribution in [1.82, 2.24) is 38.6 Å². The quantitative estimate of drug-likeness (QED) is 0.405. The Bertz CT molecular complexity index is 1530. The molecule has 162 valence electrons. The summed E-state index contributed by atoms with van der Waals surface area (Å²) in [5.41, 5.74) is 4.18. The summed E-state index contributed by atoms with van der Waals surface area (Å²) in [4.78, 5) is 22.9. The Hall–Kier alpha value is -4.33. The predicted octanol–water partition coefficient (Wildman–Crippen LogP) is 4.64. The van der Waals surface area contributed by atoms with Gasteiger partial charge in [-0.25, -0.2) is 9.97 Å². The maximum Gasteiger partial charge on any atom is 0.238 e. The van der Waals surface area contributed by atoms with Crippen LogP contribution in [0, 0.1) is 0 Å². The van der Waals surface area contributed by atoms with Gasteiger partial charge in [0.1, 0.15) is 24.3 Å². The number of pyridine rings is 1. The lowest BCUT2D eigenvalue weighted by Gasteiger charge is -2.19. The molecule has 0 saturated heterocycles. The van der Waals surface area contributed by atoms with E-state index in [1.165, 1.54) is 5.56 Å². The van der Waals surface area contributed by atoms with Crippen LogP contribution in [0.15, 0.2) is 80.0 Å². The Morgan fingerprint density at radius 1 is 0.758 bits per heavy atom. The molecule has 0 atom stereocenters. The standard InChI is InChI=1S/C25H22N8/c1-25(2,3)17-6-7-19-18(13-17)23-20(5-4-8-28-23)33(19)24-29-21(31-11-9-26-15-31)14-22(30-24)32-12-10-27-16-32/h4-16H,1-3H3. The second-order valence-corrected chi connectivity index (χ2v) is 9.01. The van der Waals surface area contributed by atoms with Gasteiger partial charge in [-0.3, -0.25) is 18.7 Å². The maximum atomic E-state index is 4.91. The maximum absolute atomic E-state index is 4.91. The molecule has 0 amide bonds. The monoisotopic (exact) mass is 434 g/mol. The lowest BCUT2D eigenvalue weighted by Crippen LogP contribution is -2.11. The van der Waals surface area contributed by atoms with Crippen LogP contribution in [0.3, 0.4) is 0 Å². The molecule has 33 heavy (non-hydrogen) atoms. The first-order valence-corrected chi connectivity index (χ1v) is 10.7. The number of hydrogen-bond donors (Lipinski definition) is 0. The van der Waals surface area contributed by atoms with Crippen molar-refractivity contribution in [1.29, 1.82) is 0 Å². The Kier molecular flexibility index (Phi) is 4.16. The highest BCUT2D eigenvalue weighted by Gasteiger charge is 2.20. The minimum absolute atomic E-state index is 0.0316. The van der Waals surface area contributed by atoms with Crippen LogP contribution >= 0.6 is 0 Å². The van der Waals surface area contributed by atoms with Crippen molar-refractivity contribution in [3.8, 4) is 17.6 Å². The molecule has 0 aliphatic carbocycles. The van der Waals surface area contributed by atoms with E-state index in [4.69, 9.17) is 15.0 Å². The lowest BCUT2D eigenvalue weighted by molar-refractivity contribution is 0.591. The van der Waals surface area contributed by atoms with Gasteiger partial charge in [-0.15, -0.1) is 0 Å². The van der Waals surface area contributed by atoms with E-state index in [1.807, 2.05) is 39.9 Å². The molecule has 6 rings (SSSR count). The van der Waals surface area contributed by atoms with Crippen LogP contribution in [-0.4, -0.2) is 38.6 Å². The van der Waals surface area contributed by atoms with Gasteiger partial charge >= 0.3 is 0 Å². The Balaban J connectivity index is 1.68. The van der Waals surface area contributed by atoms with Crippen molar-refractivity contribution in [3.63, 3.8) is 0 Å². The zero-order valence-electron chi connectivity index (χ0n) is 18.6. The van der Waals surface area contributed by atoms with Crippen molar-refractivity contribution in [3.05, 3.63) is 85.6 Å². The molecule has 8 nitrogen and oxygen atoms in total. The first kappa shape index (κ1) is 19.4. The van der Waals surface area contributed by atoms with Gasteiger partial charge in [-0.05, 0) is 35.2 Å². The molecular weight excluding hydrogens is 412 g/mol. The number of fused-ring (bicyclic) bond motifs is 3. The van der Waals surface area contributed by atoms with E-state index in [2.05, 4.69) is 59.6 Å². The summed E-state index contributed by atoms with van der Waals surface area (Å²) < 4.78 is 5.82. The number of benzene rings is 1. The van der Waals surface area contributed by atoms with Crippen molar-refractivity contribution in [2.24, 2.45) is 0 Å². The van der Waals surface area contributed by atoms with Crippen molar-refractivity contribution < 1.29 is 0 Å². The van der Waals surface area contributed by atoms with Crippen LogP contribution in [0.1, 0.15) is 26.3 Å². The lowest BCUT2D eigenvalue weighted by atomic mass is 9.86. The molecule has 0 saturated carbocycles. The molecule has 0 aliphatic rings. The second-order valence-electron chi connectivity index (χ2n) is 9.01. The summed E-state index contributed by atoms with van der Waals surface area (Å²) in [6.45, 7) is 6.65. The molecule has 0 radical (unpaired) electrons. The number of nitrogens with zero attached hydrogens (tertiary/aromatic N) is 8. The van der Waals surface area contributed by atoms with Gasteiger partial charge in [-0.1, -0.05) is 26.8 Å². The molecule has 1 aromatic carbocycles. The first-order valence-electron chi connectivity index (χ1n) is 10.7. The minimum atomic E-state index is 0.0316. The summed E-state index contributed by atoms with van der Waals surface area (Å²) in [5.74, 6) is 1.99. The molecular formula is C25H22N8. The fraction of sp³-hybridized carbons (Fsp3) is 0.160. The molecule has 0 N–H and O–H groups in total. The third-order valence-corrected chi connectivity index (χ3v) is 5.81. The fourth-order valence-corrected chi connectivity index (χ4v) is 4.08. The van der Waals surface area contributed by atoms with E-state index < -0.39 is 0 Å². The van der Waals surface area contributed by atoms with Gasteiger partial charge in [0.2, 0.25) is 5.95 Å². The minimum Gasteiger partial charge on any atom is -0.290 e. The molecule has 0 spiro atoms. The van der Waals surface area contributed by atoms with Crippen LogP contribution < -0.4 is 0 Å². The normalized spacial score (nSPS) is 12.1. The highest BCUT2D eigenvalue weighted by molar-refractivity contribution is 6.07. The van der Waals surface area contributed by atoms with E-state index in [1.54, 1.807) is 25.0 Å². The van der Waals surface area contributed by atoms with Crippen LogP contribution in [0.25, 0.3) is 39.5 Å². The summed E-state index contributed by atoms with van der Waals surface area (Å²) in [7, 11) is 0. The predicted molar refractivity (Wildman–Crippen MR) is 127 cm³/mol. The van der Waals surface area contributed by atoms with E-state index in [0.29, 0.717) is 17.6 Å². The van der Waals surface area contributed by atoms with E-state index in [9.17, 15) is 0 Å². The van der Waals surface area contributed by atoms with Crippen LogP contribution in [-0.2, 0) is 5.41 Å². The molecule has 6 aromatic rings. The summed E-state index contributed by atoms with van der Waals surface area (Å²) in [6.07, 6.45) is 12.5. The highest BCUT2D eigenvalue weighted by Crippen LogP contribution is 2.33. The molecule has 0 unspecified atom stereocenters. The first-order chi connectivity index (χ1) is 16.0. The third kappa shape index (κ3) is 3.18. The Morgan fingerprint density at radius 2 is 1.45 bits per heavy atom. The average molecular weight is 435 g/mol. The molecule has 0 bridgehead atoms. The molecule has 5 heterocycles. The van der Waals surface area contributed by atoms with Crippen molar-refractivity contribution in [2.75, 3.05) is 0 Å². The topological polar surface area (TPSA) is 79.2 Å². The summed E-state index contributed by atoms with van der Waals surface area (Å²) >= 11 is 0. The molecule has 0 aliphatic heterocycles. The van der Waals surface area contributed by atoms with Gasteiger partial charge < -0.3 is 0 Å². The molecule has 0 fully saturated rings. The zero-order chi connectivity index (χ0) is 22.6. The average Bonchev–Trinajstić information content (AvgIpc) is 3.58. The van der Waals surface area contributed by atoms with Gasteiger partial charge in [0, 0.05) is 42.4 Å².